The number of hydrogen-bond donors (Lipinski definition) is 2. The van der Waals surface area contributed by atoms with E-state index in [1.165, 1.54) is 13.5 Å². The Morgan fingerprint density at radius 3 is 2.36 bits per heavy atom. The molecule has 0 saturated heterocycles. The number of esters is 1. The Kier molecular flexibility index (Phi) is 5.55. The number of carbonyl (C=O) groups is 2. The number of ether oxygens (including phenoxy) is 1. The van der Waals surface area contributed by atoms with E-state index in [0.717, 1.165) is 25.7 Å². The summed E-state index contributed by atoms with van der Waals surface area (Å²) in [5.41, 5.74) is 7.01. The molecule has 1 aromatic carbocycles. The average molecular weight is 304 g/mol. The third-order valence-corrected chi connectivity index (χ3v) is 4.47. The zero-order valence-electron chi connectivity index (χ0n) is 13.1. The van der Waals surface area contributed by atoms with E-state index in [4.69, 9.17) is 5.73 Å². The van der Waals surface area contributed by atoms with Crippen molar-refractivity contribution < 1.29 is 14.3 Å². The molecular formula is C17H24N2O3. The van der Waals surface area contributed by atoms with Gasteiger partial charge in [-0.15, -0.1) is 0 Å². The van der Waals surface area contributed by atoms with Crippen molar-refractivity contribution in [2.45, 2.75) is 38.5 Å². The van der Waals surface area contributed by atoms with Crippen LogP contribution >= 0.6 is 0 Å². The van der Waals surface area contributed by atoms with E-state index in [9.17, 15) is 9.59 Å². The van der Waals surface area contributed by atoms with Crippen molar-refractivity contribution in [3.05, 3.63) is 29.8 Å². The molecule has 0 spiro atoms. The maximum absolute atomic E-state index is 12.3. The quantitative estimate of drug-likeness (QED) is 0.820. The lowest BCUT2D eigenvalue weighted by atomic mass is 9.71. The van der Waals surface area contributed by atoms with Crippen molar-refractivity contribution in [1.82, 2.24) is 0 Å². The number of methoxy groups -OCH3 is 1. The molecule has 0 aromatic heterocycles. The second kappa shape index (κ2) is 7.40. The van der Waals surface area contributed by atoms with Gasteiger partial charge in [0.15, 0.2) is 0 Å². The van der Waals surface area contributed by atoms with E-state index >= 15 is 0 Å². The van der Waals surface area contributed by atoms with Crippen molar-refractivity contribution in [3.8, 4) is 0 Å². The first-order valence-corrected chi connectivity index (χ1v) is 7.77. The van der Waals surface area contributed by atoms with Crippen LogP contribution < -0.4 is 11.1 Å². The van der Waals surface area contributed by atoms with Crippen molar-refractivity contribution in [2.75, 3.05) is 19.0 Å². The van der Waals surface area contributed by atoms with E-state index in [1.807, 2.05) is 0 Å². The third-order valence-electron chi connectivity index (χ3n) is 4.47. The van der Waals surface area contributed by atoms with Crippen LogP contribution in [0.25, 0.3) is 0 Å². The number of nitrogens with two attached hydrogens (primary N) is 1. The molecule has 5 nitrogen and oxygen atoms in total. The summed E-state index contributed by atoms with van der Waals surface area (Å²) in [6, 6.07) is 6.70. The summed E-state index contributed by atoms with van der Waals surface area (Å²) < 4.78 is 4.65. The maximum Gasteiger partial charge on any atom is 0.337 e. The topological polar surface area (TPSA) is 81.4 Å². The molecule has 3 N–H and O–H groups in total. The van der Waals surface area contributed by atoms with Crippen LogP contribution in [0.1, 0.15) is 48.9 Å². The summed E-state index contributed by atoms with van der Waals surface area (Å²) in [7, 11) is 1.34. The molecule has 120 valence electrons. The molecule has 1 aromatic rings. The molecule has 0 atom stereocenters. The molecule has 2 rings (SSSR count). The van der Waals surface area contributed by atoms with Gasteiger partial charge in [0, 0.05) is 12.1 Å². The first-order valence-electron chi connectivity index (χ1n) is 7.77. The molecule has 1 aliphatic rings. The van der Waals surface area contributed by atoms with Crippen LogP contribution in [0.4, 0.5) is 5.69 Å². The second-order valence-corrected chi connectivity index (χ2v) is 6.06. The Hall–Kier alpha value is -1.88. The lowest BCUT2D eigenvalue weighted by Crippen LogP contribution is -2.36. The Morgan fingerprint density at radius 2 is 1.82 bits per heavy atom. The van der Waals surface area contributed by atoms with Crippen LogP contribution in [0.3, 0.4) is 0 Å². The smallest absolute Gasteiger partial charge is 0.337 e. The Balaban J connectivity index is 1.95. The Labute approximate surface area is 131 Å². The molecule has 0 radical (unpaired) electrons. The average Bonchev–Trinajstić information content (AvgIpc) is 2.55. The van der Waals surface area contributed by atoms with E-state index in [0.29, 0.717) is 24.2 Å². The summed E-state index contributed by atoms with van der Waals surface area (Å²) in [6.45, 7) is 0.557. The van der Waals surface area contributed by atoms with Crippen LogP contribution in [0.5, 0.6) is 0 Å². The summed E-state index contributed by atoms with van der Waals surface area (Å²) in [6.07, 6.45) is 6.05. The molecule has 0 unspecified atom stereocenters. The van der Waals surface area contributed by atoms with E-state index in [2.05, 4.69) is 10.1 Å². The van der Waals surface area contributed by atoms with E-state index < -0.39 is 0 Å². The minimum absolute atomic E-state index is 0.0156. The number of rotatable bonds is 5. The predicted molar refractivity (Wildman–Crippen MR) is 85.6 cm³/mol. The standard InChI is InChI=1S/C17H24N2O3/c1-22-16(21)13-5-7-14(8-6-13)19-15(20)11-17(12-18)9-3-2-4-10-17/h5-8H,2-4,9-12,18H2,1H3,(H,19,20). The van der Waals surface area contributed by atoms with Gasteiger partial charge >= 0.3 is 5.97 Å². The van der Waals surface area contributed by atoms with Crippen molar-refractivity contribution in [2.24, 2.45) is 11.1 Å². The van der Waals surface area contributed by atoms with Gasteiger partial charge in [0.05, 0.1) is 12.7 Å². The SMILES string of the molecule is COC(=O)c1ccc(NC(=O)CC2(CN)CCCCC2)cc1. The largest absolute Gasteiger partial charge is 0.465 e. The van der Waals surface area contributed by atoms with Gasteiger partial charge in [-0.05, 0) is 49.1 Å². The van der Waals surface area contributed by atoms with Gasteiger partial charge in [-0.2, -0.15) is 0 Å². The molecule has 22 heavy (non-hydrogen) atoms. The van der Waals surface area contributed by atoms with Crippen LogP contribution in [0.2, 0.25) is 0 Å². The lowest BCUT2D eigenvalue weighted by molar-refractivity contribution is -0.118. The van der Waals surface area contributed by atoms with Gasteiger partial charge < -0.3 is 15.8 Å². The molecule has 0 aliphatic heterocycles. The van der Waals surface area contributed by atoms with Crippen molar-refractivity contribution in [3.63, 3.8) is 0 Å². The highest BCUT2D eigenvalue weighted by atomic mass is 16.5. The number of nitrogens with one attached hydrogen (secondary N) is 1. The predicted octanol–water partition coefficient (Wildman–Crippen LogP) is 2.71. The minimum Gasteiger partial charge on any atom is -0.465 e. The summed E-state index contributed by atoms with van der Waals surface area (Å²) in [4.78, 5) is 23.6. The van der Waals surface area contributed by atoms with Gasteiger partial charge in [0.2, 0.25) is 5.91 Å². The number of amides is 1. The zero-order chi connectivity index (χ0) is 16.0. The van der Waals surface area contributed by atoms with Crippen molar-refractivity contribution >= 4 is 17.6 Å². The molecule has 1 amide bonds. The molecule has 1 aliphatic carbocycles. The maximum atomic E-state index is 12.3. The number of hydrogen-bond acceptors (Lipinski definition) is 4. The monoisotopic (exact) mass is 304 g/mol. The van der Waals surface area contributed by atoms with Gasteiger partial charge in [-0.1, -0.05) is 19.3 Å². The summed E-state index contributed by atoms with van der Waals surface area (Å²) in [5.74, 6) is -0.402. The van der Waals surface area contributed by atoms with Crippen LogP contribution in [0, 0.1) is 5.41 Å². The lowest BCUT2D eigenvalue weighted by Gasteiger charge is -2.35. The van der Waals surface area contributed by atoms with Gasteiger partial charge in [-0.3, -0.25) is 4.79 Å². The van der Waals surface area contributed by atoms with E-state index in [-0.39, 0.29) is 17.3 Å². The van der Waals surface area contributed by atoms with Crippen LogP contribution in [-0.2, 0) is 9.53 Å². The normalized spacial score (nSPS) is 16.8. The fraction of sp³-hybridized carbons (Fsp3) is 0.529. The number of benzene rings is 1. The van der Waals surface area contributed by atoms with Crippen molar-refractivity contribution in [1.29, 1.82) is 0 Å². The Morgan fingerprint density at radius 1 is 1.18 bits per heavy atom. The minimum atomic E-state index is -0.387. The number of carbonyl (C=O) groups excluding carboxylic acids is 2. The highest BCUT2D eigenvalue weighted by Crippen LogP contribution is 2.38. The van der Waals surface area contributed by atoms with E-state index in [1.54, 1.807) is 24.3 Å². The van der Waals surface area contributed by atoms with Crippen LogP contribution in [-0.4, -0.2) is 25.5 Å². The summed E-state index contributed by atoms with van der Waals surface area (Å²) >= 11 is 0. The molecule has 1 saturated carbocycles. The molecule has 1 fully saturated rings. The first kappa shape index (κ1) is 16.5. The molecule has 0 heterocycles. The summed E-state index contributed by atoms with van der Waals surface area (Å²) in [5, 5.41) is 2.89. The van der Waals surface area contributed by atoms with Gasteiger partial charge in [0.1, 0.15) is 0 Å². The van der Waals surface area contributed by atoms with Gasteiger partial charge in [-0.25, -0.2) is 4.79 Å². The molecule has 0 bridgehead atoms. The molecule has 5 heteroatoms. The molecular weight excluding hydrogens is 280 g/mol. The number of anilines is 1. The fourth-order valence-corrected chi connectivity index (χ4v) is 3.11. The fourth-order valence-electron chi connectivity index (χ4n) is 3.11. The highest BCUT2D eigenvalue weighted by Gasteiger charge is 2.32. The van der Waals surface area contributed by atoms with Gasteiger partial charge in [0.25, 0.3) is 0 Å². The third kappa shape index (κ3) is 4.07. The zero-order valence-corrected chi connectivity index (χ0v) is 13.1. The second-order valence-electron chi connectivity index (χ2n) is 6.06. The Bertz CT molecular complexity index is 519. The highest BCUT2D eigenvalue weighted by molar-refractivity contribution is 5.93. The van der Waals surface area contributed by atoms with Crippen LogP contribution in [0.15, 0.2) is 24.3 Å². The first-order chi connectivity index (χ1) is 10.6.